The summed E-state index contributed by atoms with van der Waals surface area (Å²) in [7, 11) is 0. The van der Waals surface area contributed by atoms with Gasteiger partial charge in [0.1, 0.15) is 0 Å². The van der Waals surface area contributed by atoms with Gasteiger partial charge < -0.3 is 5.73 Å². The molecule has 7 heteroatoms. The lowest BCUT2D eigenvalue weighted by Crippen LogP contribution is -2.18. The largest absolute Gasteiger partial charge is 0.399 e. The van der Waals surface area contributed by atoms with Crippen LogP contribution in [0.15, 0.2) is 47.3 Å². The number of fused-ring (bicyclic) bond motifs is 1. The summed E-state index contributed by atoms with van der Waals surface area (Å²) in [5.41, 5.74) is 6.45. The molecule has 3 rings (SSSR count). The molecule has 0 saturated carbocycles. The molecule has 4 N–H and O–H groups in total. The molecule has 0 bridgehead atoms. The van der Waals surface area contributed by atoms with Crippen LogP contribution < -0.4 is 16.6 Å². The molecule has 0 spiro atoms. The number of hydrogen-bond acceptors (Lipinski definition) is 4. The maximum absolute atomic E-state index is 12.2. The number of nitrogens with two attached hydrogens (primary N) is 1. The molecule has 22 heavy (non-hydrogen) atoms. The Labute approximate surface area is 129 Å². The zero-order valence-electron chi connectivity index (χ0n) is 11.3. The Morgan fingerprint density at radius 1 is 1.23 bits per heavy atom. The highest BCUT2D eigenvalue weighted by Crippen LogP contribution is 2.20. The number of anilines is 2. The maximum Gasteiger partial charge on any atom is 0.260 e. The van der Waals surface area contributed by atoms with Crippen LogP contribution in [-0.4, -0.2) is 15.9 Å². The fraction of sp³-hybridized carbons (Fsp3) is 0. The van der Waals surface area contributed by atoms with Crippen LogP contribution in [-0.2, 0) is 0 Å². The molecule has 0 aliphatic carbocycles. The molecule has 110 valence electrons. The van der Waals surface area contributed by atoms with E-state index in [0.717, 1.165) is 0 Å². The lowest BCUT2D eigenvalue weighted by molar-refractivity contribution is 0.102. The van der Waals surface area contributed by atoms with E-state index in [-0.39, 0.29) is 22.1 Å². The Kier molecular flexibility index (Phi) is 3.52. The number of amides is 1. The van der Waals surface area contributed by atoms with E-state index in [1.54, 1.807) is 30.3 Å². The van der Waals surface area contributed by atoms with Gasteiger partial charge in [0.25, 0.3) is 11.5 Å². The zero-order valence-corrected chi connectivity index (χ0v) is 12.0. The van der Waals surface area contributed by atoms with Crippen molar-refractivity contribution in [3.05, 3.63) is 63.4 Å². The van der Waals surface area contributed by atoms with Crippen LogP contribution in [0.4, 0.5) is 11.6 Å². The molecule has 0 fully saturated rings. The molecular formula is C15H11ClN4O2. The molecule has 0 radical (unpaired) electrons. The predicted octanol–water partition coefficient (Wildman–Crippen LogP) is 2.41. The molecular weight excluding hydrogens is 304 g/mol. The molecule has 0 aliphatic rings. The quantitative estimate of drug-likeness (QED) is 0.632. The van der Waals surface area contributed by atoms with Crippen LogP contribution in [0, 0.1) is 0 Å². The van der Waals surface area contributed by atoms with E-state index < -0.39 is 5.91 Å². The fourth-order valence-corrected chi connectivity index (χ4v) is 2.31. The van der Waals surface area contributed by atoms with Gasteiger partial charge in [-0.2, -0.15) is 0 Å². The summed E-state index contributed by atoms with van der Waals surface area (Å²) in [6.45, 7) is 0. The third-order valence-electron chi connectivity index (χ3n) is 3.08. The molecule has 3 aromatic rings. The van der Waals surface area contributed by atoms with Crippen molar-refractivity contribution in [3.8, 4) is 0 Å². The van der Waals surface area contributed by atoms with Gasteiger partial charge in [-0.3, -0.25) is 19.9 Å². The summed E-state index contributed by atoms with van der Waals surface area (Å²) < 4.78 is 0. The molecule has 0 saturated heterocycles. The number of nitrogen functional groups attached to an aromatic ring is 1. The molecule has 1 aromatic heterocycles. The van der Waals surface area contributed by atoms with Gasteiger partial charge in [-0.25, -0.2) is 4.98 Å². The molecule has 1 amide bonds. The van der Waals surface area contributed by atoms with Gasteiger partial charge in [-0.1, -0.05) is 23.7 Å². The number of benzene rings is 2. The van der Waals surface area contributed by atoms with Gasteiger partial charge in [0, 0.05) is 5.69 Å². The van der Waals surface area contributed by atoms with Crippen LogP contribution in [0.2, 0.25) is 5.02 Å². The van der Waals surface area contributed by atoms with E-state index >= 15 is 0 Å². The first-order valence-electron chi connectivity index (χ1n) is 6.40. The van der Waals surface area contributed by atoms with Crippen molar-refractivity contribution in [3.63, 3.8) is 0 Å². The normalized spacial score (nSPS) is 10.6. The number of halogens is 1. The first-order valence-corrected chi connectivity index (χ1v) is 6.78. The minimum absolute atomic E-state index is 0.0570. The number of H-pyrrole nitrogens is 1. The number of carbonyl (C=O) groups is 1. The van der Waals surface area contributed by atoms with Crippen LogP contribution in [0.5, 0.6) is 0 Å². The standard InChI is InChI=1S/C15H11ClN4O2/c16-11-7-8(17)5-6-9(11)13(21)19-15-18-12-4-2-1-3-10(12)14(22)20-15/h1-7H,17H2,(H2,18,19,20,21,22). The second kappa shape index (κ2) is 5.50. The van der Waals surface area contributed by atoms with Gasteiger partial charge in [-0.15, -0.1) is 0 Å². The minimum atomic E-state index is -0.483. The van der Waals surface area contributed by atoms with E-state index in [0.29, 0.717) is 16.6 Å². The average molecular weight is 315 g/mol. The molecule has 0 atom stereocenters. The van der Waals surface area contributed by atoms with Gasteiger partial charge in [-0.05, 0) is 30.3 Å². The van der Waals surface area contributed by atoms with Crippen molar-refractivity contribution in [2.75, 3.05) is 11.1 Å². The van der Waals surface area contributed by atoms with Crippen LogP contribution >= 0.6 is 11.6 Å². The topological polar surface area (TPSA) is 101 Å². The van der Waals surface area contributed by atoms with Gasteiger partial charge in [0.2, 0.25) is 5.95 Å². The molecule has 6 nitrogen and oxygen atoms in total. The Bertz CT molecular complexity index is 936. The summed E-state index contributed by atoms with van der Waals surface area (Å²) >= 11 is 5.98. The Morgan fingerprint density at radius 2 is 2.00 bits per heavy atom. The van der Waals surface area contributed by atoms with Crippen molar-refractivity contribution < 1.29 is 4.79 Å². The molecule has 0 unspecified atom stereocenters. The second-order valence-electron chi connectivity index (χ2n) is 4.63. The lowest BCUT2D eigenvalue weighted by Gasteiger charge is -2.07. The van der Waals surface area contributed by atoms with E-state index in [4.69, 9.17) is 17.3 Å². The number of nitrogens with zero attached hydrogens (tertiary/aromatic N) is 1. The predicted molar refractivity (Wildman–Crippen MR) is 86.2 cm³/mol. The van der Waals surface area contributed by atoms with E-state index in [2.05, 4.69) is 15.3 Å². The van der Waals surface area contributed by atoms with Crippen molar-refractivity contribution in [1.82, 2.24) is 9.97 Å². The summed E-state index contributed by atoms with van der Waals surface area (Å²) in [6, 6.07) is 11.4. The van der Waals surface area contributed by atoms with Gasteiger partial charge in [0.05, 0.1) is 21.5 Å². The average Bonchev–Trinajstić information content (AvgIpc) is 2.47. The first-order chi connectivity index (χ1) is 10.5. The van der Waals surface area contributed by atoms with E-state index in [1.807, 2.05) is 0 Å². The smallest absolute Gasteiger partial charge is 0.260 e. The highest BCUT2D eigenvalue weighted by atomic mass is 35.5. The third kappa shape index (κ3) is 2.64. The van der Waals surface area contributed by atoms with Crippen molar-refractivity contribution in [2.24, 2.45) is 0 Å². The van der Waals surface area contributed by atoms with Crippen LogP contribution in [0.25, 0.3) is 10.9 Å². The summed E-state index contributed by atoms with van der Waals surface area (Å²) in [5.74, 6) is -0.426. The van der Waals surface area contributed by atoms with E-state index in [1.165, 1.54) is 12.1 Å². The Hall–Kier alpha value is -2.86. The minimum Gasteiger partial charge on any atom is -0.399 e. The number of carbonyl (C=O) groups excluding carboxylic acids is 1. The molecule has 2 aromatic carbocycles. The van der Waals surface area contributed by atoms with Crippen LogP contribution in [0.3, 0.4) is 0 Å². The number of aromatic nitrogens is 2. The SMILES string of the molecule is Nc1ccc(C(=O)Nc2nc3ccccc3c(=O)[nH]2)c(Cl)c1. The van der Waals surface area contributed by atoms with Gasteiger partial charge in [0.15, 0.2) is 0 Å². The van der Waals surface area contributed by atoms with Gasteiger partial charge >= 0.3 is 0 Å². The Morgan fingerprint density at radius 3 is 2.77 bits per heavy atom. The summed E-state index contributed by atoms with van der Waals surface area (Å²) in [5, 5.41) is 3.19. The van der Waals surface area contributed by atoms with Crippen LogP contribution in [0.1, 0.15) is 10.4 Å². The van der Waals surface area contributed by atoms with Crippen molar-refractivity contribution >= 4 is 40.0 Å². The number of para-hydroxylation sites is 1. The molecule has 1 heterocycles. The monoisotopic (exact) mass is 314 g/mol. The number of nitrogens with one attached hydrogen (secondary N) is 2. The number of hydrogen-bond donors (Lipinski definition) is 3. The first kappa shape index (κ1) is 14.1. The second-order valence-corrected chi connectivity index (χ2v) is 5.03. The summed E-state index contributed by atoms with van der Waals surface area (Å²) in [6.07, 6.45) is 0. The van der Waals surface area contributed by atoms with Crippen molar-refractivity contribution in [2.45, 2.75) is 0 Å². The van der Waals surface area contributed by atoms with Crippen molar-refractivity contribution in [1.29, 1.82) is 0 Å². The third-order valence-corrected chi connectivity index (χ3v) is 3.40. The highest BCUT2D eigenvalue weighted by molar-refractivity contribution is 6.34. The number of aromatic amines is 1. The van der Waals surface area contributed by atoms with E-state index in [9.17, 15) is 9.59 Å². The maximum atomic E-state index is 12.2. The Balaban J connectivity index is 1.96. The zero-order chi connectivity index (χ0) is 15.7. The highest BCUT2D eigenvalue weighted by Gasteiger charge is 2.12. The summed E-state index contributed by atoms with van der Waals surface area (Å²) in [4.78, 5) is 30.8. The number of rotatable bonds is 2. The lowest BCUT2D eigenvalue weighted by atomic mass is 10.2. The molecule has 0 aliphatic heterocycles. The fourth-order valence-electron chi connectivity index (χ4n) is 2.04.